The molecule has 0 unspecified atom stereocenters. The van der Waals surface area contributed by atoms with E-state index in [0.717, 1.165) is 60.2 Å². The van der Waals surface area contributed by atoms with Crippen molar-refractivity contribution >= 4 is 27.3 Å². The molecule has 0 aromatic carbocycles. The summed E-state index contributed by atoms with van der Waals surface area (Å²) in [6, 6.07) is 3.96. The molecule has 4 aromatic rings. The molecular weight excluding hydrogens is 378 g/mol. The van der Waals surface area contributed by atoms with Crippen molar-refractivity contribution in [1.29, 1.82) is 0 Å². The van der Waals surface area contributed by atoms with Crippen molar-refractivity contribution < 1.29 is 4.52 Å². The summed E-state index contributed by atoms with van der Waals surface area (Å²) in [5.41, 5.74) is 1.85. The summed E-state index contributed by atoms with van der Waals surface area (Å²) in [6.07, 6.45) is 0. The lowest BCUT2D eigenvalue weighted by Gasteiger charge is -2.33. The Hall–Kier alpha value is -2.56. The minimum Gasteiger partial charge on any atom is -0.361 e. The summed E-state index contributed by atoms with van der Waals surface area (Å²) >= 11 is 1.46. The molecule has 28 heavy (non-hydrogen) atoms. The second kappa shape index (κ2) is 6.80. The highest BCUT2D eigenvalue weighted by Crippen LogP contribution is 2.20. The van der Waals surface area contributed by atoms with E-state index in [2.05, 4.69) is 25.2 Å². The van der Waals surface area contributed by atoms with Crippen LogP contribution in [0.5, 0.6) is 0 Å². The zero-order valence-electron chi connectivity index (χ0n) is 15.8. The molecular formula is C18H21N7O2S. The number of thiophene rings is 1. The van der Waals surface area contributed by atoms with Gasteiger partial charge in [0.2, 0.25) is 5.78 Å². The molecule has 0 N–H and O–H groups in total. The molecule has 0 radical (unpaired) electrons. The van der Waals surface area contributed by atoms with Crippen LogP contribution in [0.3, 0.4) is 0 Å². The Kier molecular flexibility index (Phi) is 4.26. The topological polar surface area (TPSA) is 84.7 Å². The lowest BCUT2D eigenvalue weighted by molar-refractivity contribution is 0.117. The first-order valence-corrected chi connectivity index (χ1v) is 10.2. The summed E-state index contributed by atoms with van der Waals surface area (Å²) in [5, 5.41) is 14.7. The van der Waals surface area contributed by atoms with Crippen molar-refractivity contribution in [3.63, 3.8) is 0 Å². The van der Waals surface area contributed by atoms with Crippen LogP contribution in [0, 0.1) is 6.92 Å². The Morgan fingerprint density at radius 1 is 1.14 bits per heavy atom. The Bertz CT molecular complexity index is 1200. The maximum Gasteiger partial charge on any atom is 0.272 e. The number of piperazine rings is 1. The standard InChI is InChI=1S/C18H21N7O2S/c1-12-9-13(21-27-12)10-23-4-6-24(7-5-23)11-15-19-20-18-22(2)17(26)16-14(25(15)18)3-8-28-16/h3,8-9H,4-7,10-11H2,1-2H3. The van der Waals surface area contributed by atoms with Gasteiger partial charge in [-0.1, -0.05) is 5.16 Å². The summed E-state index contributed by atoms with van der Waals surface area (Å²) in [4.78, 5) is 17.2. The van der Waals surface area contributed by atoms with Crippen LogP contribution in [0.1, 0.15) is 17.3 Å². The first-order valence-electron chi connectivity index (χ1n) is 9.27. The van der Waals surface area contributed by atoms with E-state index in [1.807, 2.05) is 28.8 Å². The SMILES string of the molecule is Cc1cc(CN2CCN(Cc3nnc4n(C)c(=O)c5sccc5n34)CC2)no1. The second-order valence-electron chi connectivity index (χ2n) is 7.23. The molecule has 0 bridgehead atoms. The molecule has 0 atom stereocenters. The number of rotatable bonds is 4. The molecule has 1 aliphatic heterocycles. The zero-order valence-corrected chi connectivity index (χ0v) is 16.6. The maximum absolute atomic E-state index is 12.5. The normalized spacial score (nSPS) is 16.5. The monoisotopic (exact) mass is 399 g/mol. The fraction of sp³-hybridized carbons (Fsp3) is 0.444. The summed E-state index contributed by atoms with van der Waals surface area (Å²) in [5.74, 6) is 2.31. The Labute approximate surface area is 164 Å². The van der Waals surface area contributed by atoms with E-state index < -0.39 is 0 Å². The third-order valence-electron chi connectivity index (χ3n) is 5.29. The van der Waals surface area contributed by atoms with Gasteiger partial charge < -0.3 is 4.52 Å². The Balaban J connectivity index is 1.33. The summed E-state index contributed by atoms with van der Waals surface area (Å²) < 4.78 is 9.48. The van der Waals surface area contributed by atoms with E-state index in [9.17, 15) is 4.79 Å². The molecule has 0 amide bonds. The van der Waals surface area contributed by atoms with Crippen molar-refractivity contribution in [1.82, 2.24) is 34.1 Å². The fourth-order valence-electron chi connectivity index (χ4n) is 3.78. The molecule has 146 valence electrons. The summed E-state index contributed by atoms with van der Waals surface area (Å²) in [7, 11) is 1.75. The quantitative estimate of drug-likeness (QED) is 0.511. The van der Waals surface area contributed by atoms with E-state index in [1.165, 1.54) is 11.3 Å². The van der Waals surface area contributed by atoms with E-state index in [1.54, 1.807) is 11.6 Å². The Morgan fingerprint density at radius 3 is 2.61 bits per heavy atom. The molecule has 0 aliphatic carbocycles. The van der Waals surface area contributed by atoms with Crippen LogP contribution in [0.4, 0.5) is 0 Å². The predicted molar refractivity (Wildman–Crippen MR) is 105 cm³/mol. The molecule has 10 heteroatoms. The van der Waals surface area contributed by atoms with E-state index in [-0.39, 0.29) is 5.56 Å². The smallest absolute Gasteiger partial charge is 0.272 e. The molecule has 9 nitrogen and oxygen atoms in total. The van der Waals surface area contributed by atoms with Crippen LogP contribution in [-0.4, -0.2) is 60.3 Å². The van der Waals surface area contributed by atoms with Crippen LogP contribution in [0.2, 0.25) is 0 Å². The van der Waals surface area contributed by atoms with Crippen LogP contribution in [-0.2, 0) is 20.1 Å². The molecule has 1 saturated heterocycles. The van der Waals surface area contributed by atoms with Gasteiger partial charge in [0.1, 0.15) is 10.5 Å². The fourth-order valence-corrected chi connectivity index (χ4v) is 4.63. The number of nitrogens with zero attached hydrogens (tertiary/aromatic N) is 7. The van der Waals surface area contributed by atoms with Crippen LogP contribution < -0.4 is 5.56 Å². The minimum absolute atomic E-state index is 0.0202. The first kappa shape index (κ1) is 17.5. The highest BCUT2D eigenvalue weighted by atomic mass is 32.1. The van der Waals surface area contributed by atoms with Gasteiger partial charge in [-0.15, -0.1) is 21.5 Å². The van der Waals surface area contributed by atoms with Gasteiger partial charge in [-0.05, 0) is 18.4 Å². The number of hydrogen-bond acceptors (Lipinski definition) is 8. The molecule has 1 fully saturated rings. The van der Waals surface area contributed by atoms with Gasteiger partial charge in [-0.25, -0.2) is 0 Å². The zero-order chi connectivity index (χ0) is 19.3. The van der Waals surface area contributed by atoms with Crippen molar-refractivity contribution in [3.8, 4) is 0 Å². The molecule has 5 heterocycles. The van der Waals surface area contributed by atoms with Crippen molar-refractivity contribution in [3.05, 3.63) is 45.1 Å². The van der Waals surface area contributed by atoms with Gasteiger partial charge in [0.05, 0.1) is 17.8 Å². The second-order valence-corrected chi connectivity index (χ2v) is 8.15. The number of aromatic nitrogens is 5. The average molecular weight is 399 g/mol. The molecule has 4 aromatic heterocycles. The van der Waals surface area contributed by atoms with Gasteiger partial charge in [0, 0.05) is 45.8 Å². The molecule has 1 aliphatic rings. The van der Waals surface area contributed by atoms with Crippen molar-refractivity contribution in [2.45, 2.75) is 20.0 Å². The molecule has 5 rings (SSSR count). The van der Waals surface area contributed by atoms with Gasteiger partial charge in [-0.3, -0.25) is 23.6 Å². The van der Waals surface area contributed by atoms with E-state index >= 15 is 0 Å². The van der Waals surface area contributed by atoms with E-state index in [0.29, 0.717) is 12.3 Å². The van der Waals surface area contributed by atoms with E-state index in [4.69, 9.17) is 4.52 Å². The number of hydrogen-bond donors (Lipinski definition) is 0. The van der Waals surface area contributed by atoms with Gasteiger partial charge >= 0.3 is 0 Å². The first-order chi connectivity index (χ1) is 13.6. The highest BCUT2D eigenvalue weighted by molar-refractivity contribution is 7.17. The molecule has 0 saturated carbocycles. The lowest BCUT2D eigenvalue weighted by Crippen LogP contribution is -2.45. The van der Waals surface area contributed by atoms with Crippen LogP contribution >= 0.6 is 11.3 Å². The lowest BCUT2D eigenvalue weighted by atomic mass is 10.2. The third kappa shape index (κ3) is 2.93. The third-order valence-corrected chi connectivity index (χ3v) is 6.18. The maximum atomic E-state index is 12.5. The van der Waals surface area contributed by atoms with Crippen LogP contribution in [0.25, 0.3) is 16.0 Å². The minimum atomic E-state index is -0.0202. The van der Waals surface area contributed by atoms with Gasteiger partial charge in [0.25, 0.3) is 5.56 Å². The van der Waals surface area contributed by atoms with Crippen molar-refractivity contribution in [2.24, 2.45) is 7.05 Å². The largest absolute Gasteiger partial charge is 0.361 e. The summed E-state index contributed by atoms with van der Waals surface area (Å²) in [6.45, 7) is 7.27. The average Bonchev–Trinajstić information content (AvgIpc) is 3.41. The van der Waals surface area contributed by atoms with Crippen LogP contribution in [0.15, 0.2) is 26.8 Å². The number of fused-ring (bicyclic) bond motifs is 3. The highest BCUT2D eigenvalue weighted by Gasteiger charge is 2.21. The van der Waals surface area contributed by atoms with Crippen molar-refractivity contribution in [2.75, 3.05) is 26.2 Å². The molecule has 0 spiro atoms. The van der Waals surface area contributed by atoms with Gasteiger partial charge in [0.15, 0.2) is 5.82 Å². The number of aryl methyl sites for hydroxylation is 2. The van der Waals surface area contributed by atoms with Gasteiger partial charge in [-0.2, -0.15) is 0 Å². The predicted octanol–water partition coefficient (Wildman–Crippen LogP) is 1.26. The Morgan fingerprint density at radius 2 is 1.89 bits per heavy atom.